The van der Waals surface area contributed by atoms with Crippen molar-refractivity contribution in [2.75, 3.05) is 0 Å². The highest BCUT2D eigenvalue weighted by Gasteiger charge is 2.41. The third-order valence-electron chi connectivity index (χ3n) is 5.63. The number of hydrogen-bond acceptors (Lipinski definition) is 6. The largest absolute Gasteiger partial charge is 0.490 e. The molecule has 3 aromatic rings. The van der Waals surface area contributed by atoms with Crippen molar-refractivity contribution in [2.24, 2.45) is 5.92 Å². The minimum atomic E-state index is -0.0239. The molecule has 2 atom stereocenters. The Morgan fingerprint density at radius 2 is 2.13 bits per heavy atom. The molecule has 1 saturated heterocycles. The number of hydrogen-bond donors (Lipinski definition) is 1. The molecule has 1 fully saturated rings. The van der Waals surface area contributed by atoms with Crippen molar-refractivity contribution in [1.29, 1.82) is 5.26 Å². The van der Waals surface area contributed by atoms with E-state index in [1.165, 1.54) is 0 Å². The number of carbonyl (C=O) groups is 1. The zero-order valence-corrected chi connectivity index (χ0v) is 16.7. The molecule has 7 nitrogen and oxygen atoms in total. The second-order valence-corrected chi connectivity index (χ2v) is 8.00. The first-order chi connectivity index (χ1) is 14.5. The normalized spacial score (nSPS) is 19.3. The maximum absolute atomic E-state index is 11.7. The van der Waals surface area contributed by atoms with Gasteiger partial charge in [0.1, 0.15) is 11.8 Å². The Bertz CT molecular complexity index is 1190. The fourth-order valence-electron chi connectivity index (χ4n) is 4.38. The molecule has 5 rings (SSSR count). The summed E-state index contributed by atoms with van der Waals surface area (Å²) in [6.07, 6.45) is 1.34. The smallest absolute Gasteiger partial charge is 0.258 e. The fourth-order valence-corrected chi connectivity index (χ4v) is 4.38. The van der Waals surface area contributed by atoms with Gasteiger partial charge in [0.05, 0.1) is 17.7 Å². The van der Waals surface area contributed by atoms with Gasteiger partial charge in [-0.05, 0) is 61.6 Å². The summed E-state index contributed by atoms with van der Waals surface area (Å²) < 4.78 is 11.3. The number of nitrogens with zero attached hydrogens (tertiary/aromatic N) is 3. The van der Waals surface area contributed by atoms with Gasteiger partial charge in [0.2, 0.25) is 11.7 Å². The highest BCUT2D eigenvalue weighted by atomic mass is 16.5. The van der Waals surface area contributed by atoms with E-state index >= 15 is 0 Å². The summed E-state index contributed by atoms with van der Waals surface area (Å²) in [4.78, 5) is 16.3. The molecule has 2 aliphatic rings. The van der Waals surface area contributed by atoms with Gasteiger partial charge in [-0.1, -0.05) is 17.3 Å². The maximum atomic E-state index is 11.7. The van der Waals surface area contributed by atoms with E-state index in [4.69, 9.17) is 9.26 Å². The first kappa shape index (κ1) is 18.4. The van der Waals surface area contributed by atoms with Gasteiger partial charge in [0.25, 0.3) is 5.89 Å². The summed E-state index contributed by atoms with van der Waals surface area (Å²) in [5.74, 6) is 1.78. The average Bonchev–Trinajstić information content (AvgIpc) is 3.42. The summed E-state index contributed by atoms with van der Waals surface area (Å²) in [6, 6.07) is 13.5. The zero-order valence-electron chi connectivity index (χ0n) is 16.7. The Kier molecular flexibility index (Phi) is 4.28. The lowest BCUT2D eigenvalue weighted by Gasteiger charge is -2.11. The lowest BCUT2D eigenvalue weighted by atomic mass is 10.0. The Morgan fingerprint density at radius 1 is 1.27 bits per heavy atom. The number of aromatic nitrogens is 2. The van der Waals surface area contributed by atoms with E-state index in [0.29, 0.717) is 35.0 Å². The van der Waals surface area contributed by atoms with Crippen LogP contribution in [0.3, 0.4) is 0 Å². The van der Waals surface area contributed by atoms with Crippen LogP contribution in [0.25, 0.3) is 22.8 Å². The van der Waals surface area contributed by atoms with Crippen molar-refractivity contribution in [3.63, 3.8) is 0 Å². The predicted molar refractivity (Wildman–Crippen MR) is 108 cm³/mol. The molecular formula is C23H20N4O3. The quantitative estimate of drug-likeness (QED) is 0.715. The van der Waals surface area contributed by atoms with Crippen molar-refractivity contribution in [1.82, 2.24) is 15.5 Å². The summed E-state index contributed by atoms with van der Waals surface area (Å²) in [5, 5.41) is 16.7. The van der Waals surface area contributed by atoms with Crippen molar-refractivity contribution >= 4 is 5.91 Å². The lowest BCUT2D eigenvalue weighted by molar-refractivity contribution is -0.119. The molecule has 0 radical (unpaired) electrons. The molecule has 2 aromatic carbocycles. The first-order valence-electron chi connectivity index (χ1n) is 10.00. The van der Waals surface area contributed by atoms with Gasteiger partial charge in [-0.3, -0.25) is 4.79 Å². The number of ether oxygens (including phenoxy) is 1. The standard InChI is InChI=1S/C23H20N4O3/c1-12(2)29-19-7-6-13(8-15(19)11-24)22-26-23(30-27-22)17-5-3-4-16-18(17)9-14-10-20(28)25-21(14)16/h3-8,12,14,21H,9-10H2,1-2H3,(H,25,28)/t14-,21+/m1/s1. The molecule has 0 bridgehead atoms. The predicted octanol–water partition coefficient (Wildman–Crippen LogP) is 3.80. The minimum absolute atomic E-state index is 0.0239. The number of benzene rings is 2. The minimum Gasteiger partial charge on any atom is -0.490 e. The first-order valence-corrected chi connectivity index (χ1v) is 10.00. The zero-order chi connectivity index (χ0) is 20.8. The van der Waals surface area contributed by atoms with Crippen LogP contribution in [-0.2, 0) is 11.2 Å². The van der Waals surface area contributed by atoms with Crippen LogP contribution >= 0.6 is 0 Å². The maximum Gasteiger partial charge on any atom is 0.258 e. The van der Waals surface area contributed by atoms with Gasteiger partial charge in [0, 0.05) is 17.5 Å². The number of nitrogens with one attached hydrogen (secondary N) is 1. The van der Waals surface area contributed by atoms with E-state index in [-0.39, 0.29) is 24.0 Å². The number of carbonyl (C=O) groups excluding carboxylic acids is 1. The van der Waals surface area contributed by atoms with Crippen LogP contribution in [-0.4, -0.2) is 22.2 Å². The van der Waals surface area contributed by atoms with Crippen molar-refractivity contribution in [2.45, 2.75) is 38.8 Å². The molecule has 0 spiro atoms. The topological polar surface area (TPSA) is 101 Å². The van der Waals surface area contributed by atoms with E-state index in [1.54, 1.807) is 12.1 Å². The van der Waals surface area contributed by atoms with Crippen molar-refractivity contribution in [3.8, 4) is 34.7 Å². The molecule has 2 heterocycles. The Labute approximate surface area is 173 Å². The third kappa shape index (κ3) is 3.01. The van der Waals surface area contributed by atoms with E-state index in [0.717, 1.165) is 23.1 Å². The van der Waals surface area contributed by atoms with Crippen molar-refractivity contribution < 1.29 is 14.1 Å². The van der Waals surface area contributed by atoms with Crippen molar-refractivity contribution in [3.05, 3.63) is 53.1 Å². The van der Waals surface area contributed by atoms with Crippen LogP contribution < -0.4 is 10.1 Å². The van der Waals surface area contributed by atoms with Gasteiger partial charge in [-0.25, -0.2) is 0 Å². The fraction of sp³-hybridized carbons (Fsp3) is 0.304. The summed E-state index contributed by atoms with van der Waals surface area (Å²) in [5.41, 5.74) is 4.30. The Hall–Kier alpha value is -3.66. The SMILES string of the molecule is CC(C)Oc1ccc(-c2noc(-c3cccc4c3C[C@@H]3CC(=O)N[C@H]43)n2)cc1C#N. The molecule has 1 amide bonds. The molecule has 30 heavy (non-hydrogen) atoms. The Morgan fingerprint density at radius 3 is 2.93 bits per heavy atom. The molecule has 150 valence electrons. The molecular weight excluding hydrogens is 380 g/mol. The summed E-state index contributed by atoms with van der Waals surface area (Å²) in [6.45, 7) is 3.83. The van der Waals surface area contributed by atoms with E-state index in [1.807, 2.05) is 32.0 Å². The molecule has 1 N–H and O–H groups in total. The Balaban J connectivity index is 1.48. The monoisotopic (exact) mass is 400 g/mol. The van der Waals surface area contributed by atoms with Crippen LogP contribution in [0, 0.1) is 17.2 Å². The molecule has 7 heteroatoms. The molecule has 0 unspecified atom stereocenters. The van der Waals surface area contributed by atoms with Crippen LogP contribution in [0.5, 0.6) is 5.75 Å². The molecule has 1 aliphatic carbocycles. The van der Waals surface area contributed by atoms with Gasteiger partial charge in [-0.2, -0.15) is 10.2 Å². The second-order valence-electron chi connectivity index (χ2n) is 8.00. The number of fused-ring (bicyclic) bond motifs is 3. The van der Waals surface area contributed by atoms with Crippen LogP contribution in [0.4, 0.5) is 0 Å². The van der Waals surface area contributed by atoms with Gasteiger partial charge in [-0.15, -0.1) is 0 Å². The second kappa shape index (κ2) is 6.99. The number of amides is 1. The number of nitriles is 1. The number of rotatable bonds is 4. The van der Waals surface area contributed by atoms with Crippen LogP contribution in [0.15, 0.2) is 40.9 Å². The molecule has 1 aliphatic heterocycles. The van der Waals surface area contributed by atoms with Gasteiger partial charge >= 0.3 is 0 Å². The summed E-state index contributed by atoms with van der Waals surface area (Å²) in [7, 11) is 0. The van der Waals surface area contributed by atoms with E-state index in [9.17, 15) is 10.1 Å². The van der Waals surface area contributed by atoms with Gasteiger partial charge < -0.3 is 14.6 Å². The third-order valence-corrected chi connectivity index (χ3v) is 5.63. The average molecular weight is 400 g/mol. The molecule has 0 saturated carbocycles. The van der Waals surface area contributed by atoms with E-state index < -0.39 is 0 Å². The van der Waals surface area contributed by atoms with Crippen LogP contribution in [0.2, 0.25) is 0 Å². The molecule has 1 aromatic heterocycles. The lowest BCUT2D eigenvalue weighted by Crippen LogP contribution is -2.18. The summed E-state index contributed by atoms with van der Waals surface area (Å²) >= 11 is 0. The van der Waals surface area contributed by atoms with E-state index in [2.05, 4.69) is 27.6 Å². The highest BCUT2D eigenvalue weighted by molar-refractivity contribution is 5.81. The van der Waals surface area contributed by atoms with Crippen LogP contribution in [0.1, 0.15) is 43.0 Å². The van der Waals surface area contributed by atoms with Gasteiger partial charge in [0.15, 0.2) is 0 Å². The highest BCUT2D eigenvalue weighted by Crippen LogP contribution is 2.45.